The second kappa shape index (κ2) is 6.99. The van der Waals surface area contributed by atoms with E-state index in [2.05, 4.69) is 10.3 Å². The summed E-state index contributed by atoms with van der Waals surface area (Å²) in [6.07, 6.45) is 0.116. The third-order valence-corrected chi connectivity index (χ3v) is 3.49. The first-order chi connectivity index (χ1) is 10.1. The molecule has 1 aromatic carbocycles. The number of esters is 1. The minimum Gasteiger partial charge on any atom is -0.466 e. The number of thiazole rings is 1. The van der Waals surface area contributed by atoms with Crippen molar-refractivity contribution < 1.29 is 14.3 Å². The normalized spacial score (nSPS) is 10.2. The highest BCUT2D eigenvalue weighted by atomic mass is 32.1. The van der Waals surface area contributed by atoms with E-state index in [1.165, 1.54) is 11.3 Å². The predicted molar refractivity (Wildman–Crippen MR) is 81.6 cm³/mol. The van der Waals surface area contributed by atoms with Crippen LogP contribution >= 0.6 is 11.3 Å². The van der Waals surface area contributed by atoms with Gasteiger partial charge in [0.1, 0.15) is 0 Å². The van der Waals surface area contributed by atoms with Gasteiger partial charge < -0.3 is 4.74 Å². The number of carbonyl (C=O) groups excluding carboxylic acids is 2. The smallest absolute Gasteiger partial charge is 0.311 e. The number of anilines is 1. The van der Waals surface area contributed by atoms with E-state index in [4.69, 9.17) is 4.74 Å². The molecule has 0 aliphatic heterocycles. The Morgan fingerprint density at radius 1 is 1.38 bits per heavy atom. The van der Waals surface area contributed by atoms with Gasteiger partial charge in [-0.05, 0) is 26.0 Å². The molecule has 1 N–H and O–H groups in total. The number of nitrogens with one attached hydrogen (secondary N) is 1. The van der Waals surface area contributed by atoms with E-state index in [0.29, 0.717) is 23.0 Å². The topological polar surface area (TPSA) is 68.3 Å². The summed E-state index contributed by atoms with van der Waals surface area (Å²) in [5.41, 5.74) is 2.19. The zero-order valence-corrected chi connectivity index (χ0v) is 12.7. The Morgan fingerprint density at radius 3 is 2.90 bits per heavy atom. The molecule has 0 saturated heterocycles. The molecule has 1 amide bonds. The van der Waals surface area contributed by atoms with Crippen molar-refractivity contribution in [1.29, 1.82) is 0 Å². The number of hydrogen-bond acceptors (Lipinski definition) is 5. The van der Waals surface area contributed by atoms with E-state index in [9.17, 15) is 9.59 Å². The number of hydrogen-bond donors (Lipinski definition) is 1. The third-order valence-electron chi connectivity index (χ3n) is 2.68. The summed E-state index contributed by atoms with van der Waals surface area (Å²) in [6.45, 7) is 4.03. The Balaban J connectivity index is 1.99. The number of carbonyl (C=O) groups is 2. The first kappa shape index (κ1) is 15.2. The fourth-order valence-corrected chi connectivity index (χ4v) is 2.47. The number of benzene rings is 1. The quantitative estimate of drug-likeness (QED) is 0.862. The Kier molecular flexibility index (Phi) is 5.05. The molecule has 0 atom stereocenters. The van der Waals surface area contributed by atoms with Crippen molar-refractivity contribution in [2.45, 2.75) is 20.3 Å². The van der Waals surface area contributed by atoms with Crippen LogP contribution in [0.25, 0.3) is 0 Å². The molecule has 5 nitrogen and oxygen atoms in total. The molecule has 21 heavy (non-hydrogen) atoms. The number of amides is 1. The number of nitrogens with zero attached hydrogens (tertiary/aromatic N) is 1. The Morgan fingerprint density at radius 2 is 2.19 bits per heavy atom. The lowest BCUT2D eigenvalue weighted by Gasteiger charge is -2.02. The minimum absolute atomic E-state index is 0.116. The van der Waals surface area contributed by atoms with Crippen molar-refractivity contribution in [3.8, 4) is 0 Å². The number of ether oxygens (including phenoxy) is 1. The van der Waals surface area contributed by atoms with Crippen LogP contribution < -0.4 is 5.32 Å². The average Bonchev–Trinajstić information content (AvgIpc) is 2.86. The lowest BCUT2D eigenvalue weighted by Crippen LogP contribution is -2.12. The van der Waals surface area contributed by atoms with Crippen LogP contribution in [-0.4, -0.2) is 23.5 Å². The summed E-state index contributed by atoms with van der Waals surface area (Å²) in [5, 5.41) is 4.94. The highest BCUT2D eigenvalue weighted by Crippen LogP contribution is 2.17. The first-order valence-corrected chi connectivity index (χ1v) is 7.44. The van der Waals surface area contributed by atoms with E-state index in [1.54, 1.807) is 18.4 Å². The fraction of sp³-hybridized carbons (Fsp3) is 0.267. The van der Waals surface area contributed by atoms with Gasteiger partial charge in [0.2, 0.25) is 0 Å². The van der Waals surface area contributed by atoms with Gasteiger partial charge in [-0.3, -0.25) is 14.9 Å². The fourth-order valence-electron chi connectivity index (χ4n) is 1.76. The summed E-state index contributed by atoms with van der Waals surface area (Å²) in [7, 11) is 0. The van der Waals surface area contributed by atoms with Gasteiger partial charge in [-0.2, -0.15) is 0 Å². The maximum atomic E-state index is 12.1. The predicted octanol–water partition coefficient (Wildman–Crippen LogP) is 2.81. The maximum absolute atomic E-state index is 12.1. The standard InChI is InChI=1S/C15H16N2O3S/c1-3-20-13(18)8-12-9-21-15(16-12)17-14(19)11-6-4-5-10(2)7-11/h4-7,9H,3,8H2,1-2H3,(H,16,17,19). The number of aryl methyl sites for hydroxylation is 1. The average molecular weight is 304 g/mol. The summed E-state index contributed by atoms with van der Waals surface area (Å²) in [5.74, 6) is -0.532. The minimum atomic E-state index is -0.320. The monoisotopic (exact) mass is 304 g/mol. The molecule has 110 valence electrons. The van der Waals surface area contributed by atoms with Crippen molar-refractivity contribution in [3.63, 3.8) is 0 Å². The molecule has 0 unspecified atom stereocenters. The molecular formula is C15H16N2O3S. The summed E-state index contributed by atoms with van der Waals surface area (Å²) in [6, 6.07) is 7.31. The van der Waals surface area contributed by atoms with Gasteiger partial charge in [-0.25, -0.2) is 4.98 Å². The molecule has 0 aliphatic rings. The lowest BCUT2D eigenvalue weighted by atomic mass is 10.1. The van der Waals surface area contributed by atoms with Gasteiger partial charge in [0.05, 0.1) is 18.7 Å². The van der Waals surface area contributed by atoms with Crippen molar-refractivity contribution in [3.05, 3.63) is 46.5 Å². The molecule has 2 rings (SSSR count). The summed E-state index contributed by atoms with van der Waals surface area (Å²) < 4.78 is 4.86. The van der Waals surface area contributed by atoms with Crippen molar-refractivity contribution >= 4 is 28.3 Å². The first-order valence-electron chi connectivity index (χ1n) is 6.56. The van der Waals surface area contributed by atoms with Gasteiger partial charge in [0.25, 0.3) is 5.91 Å². The van der Waals surface area contributed by atoms with Gasteiger partial charge in [0, 0.05) is 10.9 Å². The van der Waals surface area contributed by atoms with Crippen LogP contribution in [0.4, 0.5) is 5.13 Å². The lowest BCUT2D eigenvalue weighted by molar-refractivity contribution is -0.142. The van der Waals surface area contributed by atoms with Crippen molar-refractivity contribution in [2.75, 3.05) is 11.9 Å². The van der Waals surface area contributed by atoms with Gasteiger partial charge in [0.15, 0.2) is 5.13 Å². The molecular weight excluding hydrogens is 288 g/mol. The number of aromatic nitrogens is 1. The van der Waals surface area contributed by atoms with Crippen molar-refractivity contribution in [1.82, 2.24) is 4.98 Å². The van der Waals surface area contributed by atoms with Crippen LogP contribution in [0.1, 0.15) is 28.5 Å². The van der Waals surface area contributed by atoms with E-state index in [-0.39, 0.29) is 18.3 Å². The molecule has 1 heterocycles. The van der Waals surface area contributed by atoms with E-state index < -0.39 is 0 Å². The number of rotatable bonds is 5. The van der Waals surface area contributed by atoms with Crippen LogP contribution in [-0.2, 0) is 16.0 Å². The molecule has 0 spiro atoms. The maximum Gasteiger partial charge on any atom is 0.311 e. The van der Waals surface area contributed by atoms with Crippen LogP contribution in [0.2, 0.25) is 0 Å². The van der Waals surface area contributed by atoms with Crippen molar-refractivity contribution in [2.24, 2.45) is 0 Å². The molecule has 0 fully saturated rings. The largest absolute Gasteiger partial charge is 0.466 e. The molecule has 0 saturated carbocycles. The molecule has 1 aromatic heterocycles. The SMILES string of the molecule is CCOC(=O)Cc1csc(NC(=O)c2cccc(C)c2)n1. The summed E-state index contributed by atoms with van der Waals surface area (Å²) in [4.78, 5) is 27.6. The summed E-state index contributed by atoms with van der Waals surface area (Å²) >= 11 is 1.29. The van der Waals surface area contributed by atoms with Crippen LogP contribution in [0.15, 0.2) is 29.6 Å². The second-order valence-corrected chi connectivity index (χ2v) is 5.31. The molecule has 2 aromatic rings. The van der Waals surface area contributed by atoms with Gasteiger partial charge >= 0.3 is 5.97 Å². The van der Waals surface area contributed by atoms with Crippen LogP contribution in [0.3, 0.4) is 0 Å². The molecule has 0 aliphatic carbocycles. The van der Waals surface area contributed by atoms with Gasteiger partial charge in [-0.15, -0.1) is 11.3 Å². The molecule has 0 radical (unpaired) electrons. The van der Waals surface area contributed by atoms with E-state index in [0.717, 1.165) is 5.56 Å². The molecule has 6 heteroatoms. The highest BCUT2D eigenvalue weighted by molar-refractivity contribution is 7.14. The van der Waals surface area contributed by atoms with Gasteiger partial charge in [-0.1, -0.05) is 17.7 Å². The zero-order chi connectivity index (χ0) is 15.2. The van der Waals surface area contributed by atoms with E-state index in [1.807, 2.05) is 25.1 Å². The van der Waals surface area contributed by atoms with Crippen LogP contribution in [0.5, 0.6) is 0 Å². The molecule has 0 bridgehead atoms. The highest BCUT2D eigenvalue weighted by Gasteiger charge is 2.11. The van der Waals surface area contributed by atoms with E-state index >= 15 is 0 Å². The van der Waals surface area contributed by atoms with Crippen LogP contribution in [0, 0.1) is 6.92 Å². The second-order valence-electron chi connectivity index (χ2n) is 4.45. The Bertz CT molecular complexity index is 652. The third kappa shape index (κ3) is 4.39. The Labute approximate surface area is 127 Å². The Hall–Kier alpha value is -2.21. The zero-order valence-electron chi connectivity index (χ0n) is 11.9.